The van der Waals surface area contributed by atoms with Crippen LogP contribution in [0.25, 0.3) is 0 Å². The molecule has 1 saturated heterocycles. The van der Waals surface area contributed by atoms with Crippen molar-refractivity contribution in [1.29, 1.82) is 0 Å². The van der Waals surface area contributed by atoms with Gasteiger partial charge in [-0.05, 0) is 25.7 Å². The molecule has 0 unspecified atom stereocenters. The third-order valence-electron chi connectivity index (χ3n) is 2.93. The van der Waals surface area contributed by atoms with E-state index < -0.39 is 0 Å². The standard InChI is InChI=1S/C12H20N4/c1-2-6-10-9-11(13)15-12(14-10)16-7-4-3-5-8-16/h9H,2-8H2,1H3,(H2,13,14,15). The number of rotatable bonds is 3. The quantitative estimate of drug-likeness (QED) is 0.846. The normalized spacial score (nSPS) is 16.4. The van der Waals surface area contributed by atoms with Gasteiger partial charge in [0.25, 0.3) is 0 Å². The maximum atomic E-state index is 5.82. The third kappa shape index (κ3) is 2.62. The number of aryl methyl sites for hydroxylation is 1. The second-order valence-corrected chi connectivity index (χ2v) is 4.38. The van der Waals surface area contributed by atoms with Crippen LogP contribution in [-0.4, -0.2) is 23.1 Å². The summed E-state index contributed by atoms with van der Waals surface area (Å²) in [5, 5.41) is 0. The Labute approximate surface area is 96.9 Å². The molecule has 0 amide bonds. The summed E-state index contributed by atoms with van der Waals surface area (Å²) in [4.78, 5) is 11.2. The predicted octanol–water partition coefficient (Wildman–Crippen LogP) is 2.00. The minimum atomic E-state index is 0.596. The van der Waals surface area contributed by atoms with E-state index in [2.05, 4.69) is 21.8 Å². The second-order valence-electron chi connectivity index (χ2n) is 4.38. The fourth-order valence-corrected chi connectivity index (χ4v) is 2.12. The lowest BCUT2D eigenvalue weighted by Gasteiger charge is -2.27. The molecule has 16 heavy (non-hydrogen) atoms. The highest BCUT2D eigenvalue weighted by Gasteiger charge is 2.14. The largest absolute Gasteiger partial charge is 0.384 e. The number of hydrogen-bond acceptors (Lipinski definition) is 4. The molecule has 0 spiro atoms. The molecule has 0 aliphatic carbocycles. The summed E-state index contributed by atoms with van der Waals surface area (Å²) in [7, 11) is 0. The minimum absolute atomic E-state index is 0.596. The first kappa shape index (κ1) is 11.2. The number of piperidine rings is 1. The summed E-state index contributed by atoms with van der Waals surface area (Å²) in [6.07, 6.45) is 5.87. The van der Waals surface area contributed by atoms with Crippen molar-refractivity contribution in [3.8, 4) is 0 Å². The maximum absolute atomic E-state index is 5.82. The van der Waals surface area contributed by atoms with Crippen LogP contribution >= 0.6 is 0 Å². The fraction of sp³-hybridized carbons (Fsp3) is 0.667. The van der Waals surface area contributed by atoms with Crippen LogP contribution in [0.3, 0.4) is 0 Å². The van der Waals surface area contributed by atoms with Gasteiger partial charge in [-0.15, -0.1) is 0 Å². The van der Waals surface area contributed by atoms with Gasteiger partial charge in [0.05, 0.1) is 0 Å². The molecule has 0 aromatic carbocycles. The minimum Gasteiger partial charge on any atom is -0.384 e. The summed E-state index contributed by atoms with van der Waals surface area (Å²) in [6, 6.07) is 1.89. The van der Waals surface area contributed by atoms with Crippen molar-refractivity contribution in [2.45, 2.75) is 39.0 Å². The molecule has 0 bridgehead atoms. The zero-order valence-electron chi connectivity index (χ0n) is 9.95. The van der Waals surface area contributed by atoms with Crippen LogP contribution in [-0.2, 0) is 6.42 Å². The Morgan fingerprint density at radius 1 is 1.25 bits per heavy atom. The highest BCUT2D eigenvalue weighted by molar-refractivity contribution is 5.40. The highest BCUT2D eigenvalue weighted by Crippen LogP contribution is 2.17. The van der Waals surface area contributed by atoms with Crippen LogP contribution < -0.4 is 10.6 Å². The van der Waals surface area contributed by atoms with Gasteiger partial charge in [0.1, 0.15) is 5.82 Å². The second kappa shape index (κ2) is 5.14. The Balaban J connectivity index is 2.18. The Bertz CT molecular complexity index is 345. The number of nitrogen functional groups attached to an aromatic ring is 1. The average molecular weight is 220 g/mol. The van der Waals surface area contributed by atoms with Crippen LogP contribution in [0.5, 0.6) is 0 Å². The maximum Gasteiger partial charge on any atom is 0.227 e. The fourth-order valence-electron chi connectivity index (χ4n) is 2.12. The lowest BCUT2D eigenvalue weighted by Crippen LogP contribution is -2.31. The zero-order chi connectivity index (χ0) is 11.4. The average Bonchev–Trinajstić information content (AvgIpc) is 2.30. The Kier molecular flexibility index (Phi) is 3.59. The van der Waals surface area contributed by atoms with E-state index in [0.717, 1.165) is 37.6 Å². The van der Waals surface area contributed by atoms with Gasteiger partial charge < -0.3 is 10.6 Å². The van der Waals surface area contributed by atoms with Crippen molar-refractivity contribution < 1.29 is 0 Å². The molecule has 0 atom stereocenters. The van der Waals surface area contributed by atoms with Gasteiger partial charge in [0.15, 0.2) is 0 Å². The Morgan fingerprint density at radius 2 is 2.00 bits per heavy atom. The number of nitrogens with two attached hydrogens (primary N) is 1. The molecule has 4 nitrogen and oxygen atoms in total. The monoisotopic (exact) mass is 220 g/mol. The number of aromatic nitrogens is 2. The topological polar surface area (TPSA) is 55.0 Å². The van der Waals surface area contributed by atoms with Crippen molar-refractivity contribution in [1.82, 2.24) is 9.97 Å². The summed E-state index contributed by atoms with van der Waals surface area (Å²) in [5.74, 6) is 1.42. The molecule has 2 heterocycles. The summed E-state index contributed by atoms with van der Waals surface area (Å²) < 4.78 is 0. The molecule has 1 aliphatic rings. The van der Waals surface area contributed by atoms with Gasteiger partial charge in [0.2, 0.25) is 5.95 Å². The first-order chi connectivity index (χ1) is 7.79. The molecule has 1 fully saturated rings. The van der Waals surface area contributed by atoms with E-state index in [1.54, 1.807) is 0 Å². The molecule has 1 aliphatic heterocycles. The van der Waals surface area contributed by atoms with Gasteiger partial charge in [-0.1, -0.05) is 13.3 Å². The summed E-state index contributed by atoms with van der Waals surface area (Å²) >= 11 is 0. The van der Waals surface area contributed by atoms with Crippen LogP contribution in [0.15, 0.2) is 6.07 Å². The molecule has 2 N–H and O–H groups in total. The first-order valence-electron chi connectivity index (χ1n) is 6.18. The van der Waals surface area contributed by atoms with Crippen molar-refractivity contribution in [2.75, 3.05) is 23.7 Å². The first-order valence-corrected chi connectivity index (χ1v) is 6.18. The molecule has 88 valence electrons. The number of anilines is 2. The highest BCUT2D eigenvalue weighted by atomic mass is 15.3. The van der Waals surface area contributed by atoms with Gasteiger partial charge in [-0.2, -0.15) is 4.98 Å². The van der Waals surface area contributed by atoms with Crippen LogP contribution in [0.1, 0.15) is 38.3 Å². The molecule has 0 radical (unpaired) electrons. The molecular weight excluding hydrogens is 200 g/mol. The van der Waals surface area contributed by atoms with Gasteiger partial charge >= 0.3 is 0 Å². The van der Waals surface area contributed by atoms with Gasteiger partial charge in [-0.3, -0.25) is 0 Å². The zero-order valence-corrected chi connectivity index (χ0v) is 9.95. The SMILES string of the molecule is CCCc1cc(N)nc(N2CCCCC2)n1. The Morgan fingerprint density at radius 3 is 2.69 bits per heavy atom. The van der Waals surface area contributed by atoms with E-state index in [0.29, 0.717) is 5.82 Å². The van der Waals surface area contributed by atoms with Crippen LogP contribution in [0.4, 0.5) is 11.8 Å². The van der Waals surface area contributed by atoms with Gasteiger partial charge in [-0.25, -0.2) is 4.98 Å². The van der Waals surface area contributed by atoms with E-state index in [9.17, 15) is 0 Å². The lowest BCUT2D eigenvalue weighted by molar-refractivity contribution is 0.567. The lowest BCUT2D eigenvalue weighted by atomic mass is 10.1. The molecule has 1 aromatic heterocycles. The molecule has 4 heteroatoms. The van der Waals surface area contributed by atoms with E-state index in [-0.39, 0.29) is 0 Å². The molecule has 2 rings (SSSR count). The van der Waals surface area contributed by atoms with Crippen molar-refractivity contribution in [3.63, 3.8) is 0 Å². The van der Waals surface area contributed by atoms with E-state index in [1.807, 2.05) is 6.07 Å². The smallest absolute Gasteiger partial charge is 0.227 e. The Hall–Kier alpha value is -1.32. The number of nitrogens with zero attached hydrogens (tertiary/aromatic N) is 3. The van der Waals surface area contributed by atoms with E-state index in [4.69, 9.17) is 5.73 Å². The molecule has 1 aromatic rings. The van der Waals surface area contributed by atoms with E-state index in [1.165, 1.54) is 19.3 Å². The summed E-state index contributed by atoms with van der Waals surface area (Å²) in [6.45, 7) is 4.28. The van der Waals surface area contributed by atoms with Crippen molar-refractivity contribution in [3.05, 3.63) is 11.8 Å². The molecular formula is C12H20N4. The third-order valence-corrected chi connectivity index (χ3v) is 2.93. The van der Waals surface area contributed by atoms with Gasteiger partial charge in [0, 0.05) is 24.8 Å². The van der Waals surface area contributed by atoms with Crippen molar-refractivity contribution >= 4 is 11.8 Å². The number of hydrogen-bond donors (Lipinski definition) is 1. The van der Waals surface area contributed by atoms with Crippen LogP contribution in [0.2, 0.25) is 0 Å². The molecule has 0 saturated carbocycles. The summed E-state index contributed by atoms with van der Waals surface area (Å²) in [5.41, 5.74) is 6.88. The van der Waals surface area contributed by atoms with E-state index >= 15 is 0 Å². The predicted molar refractivity (Wildman–Crippen MR) is 66.5 cm³/mol. The van der Waals surface area contributed by atoms with Crippen LogP contribution in [0, 0.1) is 0 Å². The van der Waals surface area contributed by atoms with Crippen molar-refractivity contribution in [2.24, 2.45) is 0 Å².